The van der Waals surface area contributed by atoms with Crippen molar-refractivity contribution in [3.63, 3.8) is 0 Å². The Morgan fingerprint density at radius 3 is 2.45 bits per heavy atom. The second-order valence-corrected chi connectivity index (χ2v) is 7.35. The molecule has 0 spiro atoms. The van der Waals surface area contributed by atoms with E-state index >= 15 is 0 Å². The first-order chi connectivity index (χ1) is 14.0. The number of rotatable bonds is 6. The van der Waals surface area contributed by atoms with Crippen molar-refractivity contribution in [2.75, 3.05) is 0 Å². The summed E-state index contributed by atoms with van der Waals surface area (Å²) >= 11 is 3.46. The third-order valence-electron chi connectivity index (χ3n) is 4.30. The Labute approximate surface area is 177 Å². The number of allylic oxidation sites excluding steroid dienone is 1. The van der Waals surface area contributed by atoms with E-state index in [2.05, 4.69) is 22.0 Å². The topological polar surface area (TPSA) is 76.2 Å². The molecule has 3 rings (SSSR count). The Morgan fingerprint density at radius 1 is 1.14 bits per heavy atom. The number of nitro benzene ring substituents is 1. The van der Waals surface area contributed by atoms with Crippen LogP contribution >= 0.6 is 15.9 Å². The molecule has 0 aliphatic heterocycles. The van der Waals surface area contributed by atoms with E-state index in [0.29, 0.717) is 11.3 Å². The van der Waals surface area contributed by atoms with Crippen molar-refractivity contribution >= 4 is 33.3 Å². The zero-order chi connectivity index (χ0) is 20.8. The fourth-order valence-electron chi connectivity index (χ4n) is 2.71. The Morgan fingerprint density at radius 2 is 1.83 bits per heavy atom. The van der Waals surface area contributed by atoms with E-state index in [9.17, 15) is 15.4 Å². The number of halogens is 1. The van der Waals surface area contributed by atoms with E-state index in [4.69, 9.17) is 4.74 Å². The van der Waals surface area contributed by atoms with Gasteiger partial charge in [0.1, 0.15) is 12.4 Å². The first-order valence-electron chi connectivity index (χ1n) is 8.81. The van der Waals surface area contributed by atoms with Gasteiger partial charge in [-0.15, -0.1) is 0 Å². The zero-order valence-electron chi connectivity index (χ0n) is 15.6. The van der Waals surface area contributed by atoms with Gasteiger partial charge in [-0.05, 0) is 54.5 Å². The molecule has 0 radical (unpaired) electrons. The van der Waals surface area contributed by atoms with Gasteiger partial charge in [0.05, 0.1) is 16.6 Å². The van der Waals surface area contributed by atoms with Crippen molar-refractivity contribution < 1.29 is 9.66 Å². The van der Waals surface area contributed by atoms with Gasteiger partial charge in [0.2, 0.25) is 0 Å². The van der Waals surface area contributed by atoms with Gasteiger partial charge in [-0.3, -0.25) is 10.1 Å². The van der Waals surface area contributed by atoms with Gasteiger partial charge < -0.3 is 4.74 Å². The van der Waals surface area contributed by atoms with Crippen LogP contribution in [-0.2, 0) is 6.61 Å². The van der Waals surface area contributed by atoms with Crippen molar-refractivity contribution in [3.8, 4) is 11.8 Å². The monoisotopic (exact) mass is 448 g/mol. The Balaban J connectivity index is 1.86. The molecule has 0 aliphatic carbocycles. The first kappa shape index (κ1) is 20.3. The lowest BCUT2D eigenvalue weighted by Gasteiger charge is -2.11. The number of hydrogen-bond acceptors (Lipinski definition) is 4. The molecule has 0 saturated heterocycles. The molecule has 0 bridgehead atoms. The summed E-state index contributed by atoms with van der Waals surface area (Å²) in [5.74, 6) is 0.617. The van der Waals surface area contributed by atoms with E-state index in [0.717, 1.165) is 26.7 Å². The van der Waals surface area contributed by atoms with E-state index in [1.54, 1.807) is 18.2 Å². The molecule has 0 aromatic heterocycles. The van der Waals surface area contributed by atoms with Crippen molar-refractivity contribution in [2.45, 2.75) is 13.5 Å². The summed E-state index contributed by atoms with van der Waals surface area (Å²) in [4.78, 5) is 10.3. The van der Waals surface area contributed by atoms with Gasteiger partial charge >= 0.3 is 0 Å². The molecule has 144 valence electrons. The molecule has 3 aromatic carbocycles. The van der Waals surface area contributed by atoms with Crippen LogP contribution in [0.3, 0.4) is 0 Å². The molecule has 0 unspecified atom stereocenters. The second kappa shape index (κ2) is 9.18. The number of nitro groups is 1. The largest absolute Gasteiger partial charge is 0.488 e. The highest BCUT2D eigenvalue weighted by Crippen LogP contribution is 2.29. The lowest BCUT2D eigenvalue weighted by molar-refractivity contribution is -0.384. The van der Waals surface area contributed by atoms with E-state index in [-0.39, 0.29) is 12.3 Å². The molecule has 0 amide bonds. The number of ether oxygens (including phenoxy) is 1. The number of aryl methyl sites for hydroxylation is 1. The van der Waals surface area contributed by atoms with Crippen LogP contribution in [0.15, 0.2) is 71.2 Å². The van der Waals surface area contributed by atoms with Gasteiger partial charge in [-0.1, -0.05) is 45.8 Å². The van der Waals surface area contributed by atoms with Gasteiger partial charge in [-0.2, -0.15) is 5.26 Å². The third kappa shape index (κ3) is 5.31. The standard InChI is InChI=1S/C23H17BrN2O3/c1-16-2-6-18(7-3-16)20(14-25)12-19-13-21(24)8-11-23(19)29-15-17-4-9-22(10-5-17)26(27)28/h2-13H,15H2,1H3/b20-12-. The number of non-ortho nitro benzene ring substituents is 1. The molecule has 0 heterocycles. The molecule has 0 aliphatic rings. The molecular formula is C23H17BrN2O3. The van der Waals surface area contributed by atoms with Crippen LogP contribution < -0.4 is 4.74 Å². The molecule has 0 atom stereocenters. The fraction of sp³-hybridized carbons (Fsp3) is 0.0870. The van der Waals surface area contributed by atoms with Crippen LogP contribution in [0.2, 0.25) is 0 Å². The highest BCUT2D eigenvalue weighted by molar-refractivity contribution is 9.10. The average molecular weight is 449 g/mol. The molecule has 0 saturated carbocycles. The molecule has 6 heteroatoms. The van der Waals surface area contributed by atoms with E-state index in [1.165, 1.54) is 12.1 Å². The summed E-state index contributed by atoms with van der Waals surface area (Å²) in [6.45, 7) is 2.25. The van der Waals surface area contributed by atoms with Crippen LogP contribution in [-0.4, -0.2) is 4.92 Å². The van der Waals surface area contributed by atoms with Crippen molar-refractivity contribution in [2.24, 2.45) is 0 Å². The minimum atomic E-state index is -0.434. The normalized spacial score (nSPS) is 11.0. The lowest BCUT2D eigenvalue weighted by atomic mass is 10.0. The van der Waals surface area contributed by atoms with Crippen LogP contribution in [0, 0.1) is 28.4 Å². The molecular weight excluding hydrogens is 432 g/mol. The summed E-state index contributed by atoms with van der Waals surface area (Å²) in [6, 6.07) is 21.8. The summed E-state index contributed by atoms with van der Waals surface area (Å²) in [5.41, 5.74) is 4.10. The maximum Gasteiger partial charge on any atom is 0.269 e. The highest BCUT2D eigenvalue weighted by Gasteiger charge is 2.08. The predicted molar refractivity (Wildman–Crippen MR) is 116 cm³/mol. The predicted octanol–water partition coefficient (Wildman–Crippen LogP) is 6.31. The smallest absolute Gasteiger partial charge is 0.269 e. The fourth-order valence-corrected chi connectivity index (χ4v) is 3.09. The maximum atomic E-state index is 10.8. The van der Waals surface area contributed by atoms with Crippen LogP contribution in [0.1, 0.15) is 22.3 Å². The Bertz CT molecular complexity index is 1100. The number of benzene rings is 3. The van der Waals surface area contributed by atoms with Crippen molar-refractivity contribution in [1.82, 2.24) is 0 Å². The summed E-state index contributed by atoms with van der Waals surface area (Å²) in [6.07, 6.45) is 1.79. The Kier molecular flexibility index (Phi) is 6.43. The summed E-state index contributed by atoms with van der Waals surface area (Å²) in [5, 5.41) is 20.4. The van der Waals surface area contributed by atoms with Gasteiger partial charge in [0.25, 0.3) is 5.69 Å². The molecule has 29 heavy (non-hydrogen) atoms. The number of nitriles is 1. The number of nitrogens with zero attached hydrogens (tertiary/aromatic N) is 2. The first-order valence-corrected chi connectivity index (χ1v) is 9.60. The third-order valence-corrected chi connectivity index (χ3v) is 4.79. The quantitative estimate of drug-likeness (QED) is 0.191. The SMILES string of the molecule is Cc1ccc(/C(C#N)=C\c2cc(Br)ccc2OCc2ccc([N+](=O)[O-])cc2)cc1. The molecule has 3 aromatic rings. The second-order valence-electron chi connectivity index (χ2n) is 6.43. The van der Waals surface area contributed by atoms with Crippen molar-refractivity contribution in [3.05, 3.63) is 104 Å². The molecule has 5 nitrogen and oxygen atoms in total. The molecule has 0 fully saturated rings. The minimum absolute atomic E-state index is 0.0396. The van der Waals surface area contributed by atoms with E-state index in [1.807, 2.05) is 49.4 Å². The van der Waals surface area contributed by atoms with Crippen LogP contribution in [0.5, 0.6) is 5.75 Å². The van der Waals surface area contributed by atoms with Crippen molar-refractivity contribution in [1.29, 1.82) is 5.26 Å². The highest BCUT2D eigenvalue weighted by atomic mass is 79.9. The van der Waals surface area contributed by atoms with Gasteiger partial charge in [0.15, 0.2) is 0 Å². The Hall–Kier alpha value is -3.43. The van der Waals surface area contributed by atoms with E-state index < -0.39 is 4.92 Å². The average Bonchev–Trinajstić information content (AvgIpc) is 2.72. The lowest BCUT2D eigenvalue weighted by Crippen LogP contribution is -1.98. The number of hydrogen-bond donors (Lipinski definition) is 0. The van der Waals surface area contributed by atoms with Crippen LogP contribution in [0.4, 0.5) is 5.69 Å². The van der Waals surface area contributed by atoms with Crippen LogP contribution in [0.25, 0.3) is 11.6 Å². The maximum absolute atomic E-state index is 10.8. The zero-order valence-corrected chi connectivity index (χ0v) is 17.2. The summed E-state index contributed by atoms with van der Waals surface area (Å²) < 4.78 is 6.80. The minimum Gasteiger partial charge on any atom is -0.488 e. The van der Waals surface area contributed by atoms with Gasteiger partial charge in [0, 0.05) is 22.2 Å². The molecule has 0 N–H and O–H groups in total. The van der Waals surface area contributed by atoms with Gasteiger partial charge in [-0.25, -0.2) is 0 Å². The summed E-state index contributed by atoms with van der Waals surface area (Å²) in [7, 11) is 0.